The van der Waals surface area contributed by atoms with Crippen molar-refractivity contribution in [1.29, 1.82) is 0 Å². The summed E-state index contributed by atoms with van der Waals surface area (Å²) >= 11 is 8.64. The van der Waals surface area contributed by atoms with E-state index in [2.05, 4.69) is 21.2 Å². The van der Waals surface area contributed by atoms with Crippen LogP contribution in [0.15, 0.2) is 16.6 Å². The molecule has 2 aliphatic rings. The molecule has 7 heteroatoms. The van der Waals surface area contributed by atoms with Gasteiger partial charge in [-0.15, -0.1) is 0 Å². The van der Waals surface area contributed by atoms with Crippen molar-refractivity contribution >= 4 is 44.9 Å². The van der Waals surface area contributed by atoms with Gasteiger partial charge in [-0.05, 0) is 35.1 Å². The number of anilines is 1. The lowest BCUT2D eigenvalue weighted by molar-refractivity contribution is -0.117. The summed E-state index contributed by atoms with van der Waals surface area (Å²) in [4.78, 5) is 13.6. The fourth-order valence-corrected chi connectivity index (χ4v) is 2.92. The van der Waals surface area contributed by atoms with Crippen LogP contribution in [0.1, 0.15) is 6.92 Å². The Kier molecular flexibility index (Phi) is 3.10. The molecular weight excluding hydrogens is 332 g/mol. The third kappa shape index (κ3) is 2.06. The van der Waals surface area contributed by atoms with Crippen molar-refractivity contribution in [2.75, 3.05) is 18.1 Å². The maximum atomic E-state index is 12.1. The van der Waals surface area contributed by atoms with E-state index in [1.165, 1.54) is 4.90 Å². The highest BCUT2D eigenvalue weighted by molar-refractivity contribution is 9.10. The molecule has 1 amide bonds. The van der Waals surface area contributed by atoms with Gasteiger partial charge in [0.1, 0.15) is 19.3 Å². The Hall–Kier alpha value is -1.34. The van der Waals surface area contributed by atoms with Crippen LogP contribution in [-0.2, 0) is 4.79 Å². The molecule has 19 heavy (non-hydrogen) atoms. The molecule has 0 radical (unpaired) electrons. The van der Waals surface area contributed by atoms with Gasteiger partial charge in [-0.2, -0.15) is 0 Å². The topological polar surface area (TPSA) is 50.8 Å². The average Bonchev–Trinajstić information content (AvgIpc) is 2.63. The number of fused-ring (bicyclic) bond motifs is 1. The van der Waals surface area contributed by atoms with Gasteiger partial charge in [-0.25, -0.2) is 0 Å². The SMILES string of the molecule is C[C@H]1NC(=S)N(c2cc3c(cc2Br)OCCO3)C1=O. The van der Waals surface area contributed by atoms with Gasteiger partial charge in [-0.1, -0.05) is 0 Å². The molecule has 0 saturated carbocycles. The van der Waals surface area contributed by atoms with Gasteiger partial charge in [0.25, 0.3) is 5.91 Å². The lowest BCUT2D eigenvalue weighted by Gasteiger charge is -2.22. The van der Waals surface area contributed by atoms with Gasteiger partial charge in [0.15, 0.2) is 16.6 Å². The van der Waals surface area contributed by atoms with E-state index < -0.39 is 0 Å². The predicted molar refractivity (Wildman–Crippen MR) is 77.8 cm³/mol. The molecule has 0 aromatic heterocycles. The number of carbonyl (C=O) groups is 1. The molecule has 2 aliphatic heterocycles. The van der Waals surface area contributed by atoms with Crippen LogP contribution in [0.4, 0.5) is 5.69 Å². The van der Waals surface area contributed by atoms with E-state index in [0.29, 0.717) is 35.5 Å². The molecule has 0 aliphatic carbocycles. The van der Waals surface area contributed by atoms with E-state index in [4.69, 9.17) is 21.7 Å². The molecular formula is C12H11BrN2O3S. The zero-order chi connectivity index (χ0) is 13.6. The first-order valence-electron chi connectivity index (χ1n) is 5.81. The first kappa shape index (κ1) is 12.7. The molecule has 1 saturated heterocycles. The second-order valence-electron chi connectivity index (χ2n) is 4.29. The third-order valence-electron chi connectivity index (χ3n) is 2.99. The Morgan fingerprint density at radius 1 is 1.37 bits per heavy atom. The Labute approximate surface area is 124 Å². The first-order chi connectivity index (χ1) is 9.08. The number of halogens is 1. The van der Waals surface area contributed by atoms with Crippen molar-refractivity contribution in [3.63, 3.8) is 0 Å². The van der Waals surface area contributed by atoms with Crippen LogP contribution in [-0.4, -0.2) is 30.3 Å². The lowest BCUT2D eigenvalue weighted by atomic mass is 10.2. The summed E-state index contributed by atoms with van der Waals surface area (Å²) in [5.74, 6) is 1.21. The highest BCUT2D eigenvalue weighted by atomic mass is 79.9. The van der Waals surface area contributed by atoms with E-state index in [1.54, 1.807) is 19.1 Å². The van der Waals surface area contributed by atoms with E-state index in [0.717, 1.165) is 4.47 Å². The highest BCUT2D eigenvalue weighted by Crippen LogP contribution is 2.40. The number of nitrogens with zero attached hydrogens (tertiary/aromatic N) is 1. The highest BCUT2D eigenvalue weighted by Gasteiger charge is 2.35. The van der Waals surface area contributed by atoms with Crippen molar-refractivity contribution in [2.24, 2.45) is 0 Å². The molecule has 1 aromatic carbocycles. The second kappa shape index (κ2) is 4.64. The number of benzene rings is 1. The molecule has 0 unspecified atom stereocenters. The average molecular weight is 343 g/mol. The summed E-state index contributed by atoms with van der Waals surface area (Å²) in [6, 6.07) is 3.25. The van der Waals surface area contributed by atoms with Crippen molar-refractivity contribution < 1.29 is 14.3 Å². The number of carbonyl (C=O) groups excluding carboxylic acids is 1. The van der Waals surface area contributed by atoms with Gasteiger partial charge < -0.3 is 14.8 Å². The number of hydrogen-bond acceptors (Lipinski definition) is 4. The van der Waals surface area contributed by atoms with E-state index in [1.807, 2.05) is 0 Å². The summed E-state index contributed by atoms with van der Waals surface area (Å²) in [7, 11) is 0. The summed E-state index contributed by atoms with van der Waals surface area (Å²) in [5, 5.41) is 3.34. The summed E-state index contributed by atoms with van der Waals surface area (Å²) in [6.45, 7) is 2.81. The van der Waals surface area contributed by atoms with E-state index in [-0.39, 0.29) is 11.9 Å². The van der Waals surface area contributed by atoms with Crippen LogP contribution in [0.2, 0.25) is 0 Å². The molecule has 3 rings (SSSR count). The molecule has 1 aromatic rings. The van der Waals surface area contributed by atoms with Crippen LogP contribution in [0.25, 0.3) is 0 Å². The monoisotopic (exact) mass is 342 g/mol. The third-order valence-corrected chi connectivity index (χ3v) is 3.92. The normalized spacial score (nSPS) is 21.6. The fourth-order valence-electron chi connectivity index (χ4n) is 2.06. The van der Waals surface area contributed by atoms with Gasteiger partial charge in [0, 0.05) is 16.6 Å². The molecule has 1 fully saturated rings. The van der Waals surface area contributed by atoms with Crippen molar-refractivity contribution in [2.45, 2.75) is 13.0 Å². The first-order valence-corrected chi connectivity index (χ1v) is 7.01. The number of nitrogens with one attached hydrogen (secondary N) is 1. The van der Waals surface area contributed by atoms with Crippen LogP contribution in [0, 0.1) is 0 Å². The number of amides is 1. The van der Waals surface area contributed by atoms with Crippen molar-refractivity contribution in [3.8, 4) is 11.5 Å². The molecule has 0 spiro atoms. The Balaban J connectivity index is 2.05. The Bertz CT molecular complexity index is 578. The fraction of sp³-hybridized carbons (Fsp3) is 0.333. The van der Waals surface area contributed by atoms with E-state index in [9.17, 15) is 4.79 Å². The summed E-state index contributed by atoms with van der Waals surface area (Å²) in [6.07, 6.45) is 0. The van der Waals surface area contributed by atoms with Crippen molar-refractivity contribution in [3.05, 3.63) is 16.6 Å². The molecule has 5 nitrogen and oxygen atoms in total. The quantitative estimate of drug-likeness (QED) is 0.789. The maximum absolute atomic E-state index is 12.1. The summed E-state index contributed by atoms with van der Waals surface area (Å²) in [5.41, 5.74) is 0.663. The Morgan fingerprint density at radius 2 is 2.00 bits per heavy atom. The lowest BCUT2D eigenvalue weighted by Crippen LogP contribution is -2.31. The zero-order valence-electron chi connectivity index (χ0n) is 10.1. The minimum atomic E-state index is -0.312. The number of rotatable bonds is 1. The molecule has 2 heterocycles. The standard InChI is InChI=1S/C12H11BrN2O3S/c1-6-11(16)15(12(19)14-6)8-5-10-9(4-7(8)13)17-2-3-18-10/h4-6H,2-3H2,1H3,(H,14,19)/t6-/m1/s1. The Morgan fingerprint density at radius 3 is 2.58 bits per heavy atom. The predicted octanol–water partition coefficient (Wildman–Crippen LogP) is 1.83. The van der Waals surface area contributed by atoms with Crippen molar-refractivity contribution in [1.82, 2.24) is 5.32 Å². The van der Waals surface area contributed by atoms with Gasteiger partial charge in [0.05, 0.1) is 5.69 Å². The molecule has 1 atom stereocenters. The molecule has 100 valence electrons. The van der Waals surface area contributed by atoms with Crippen LogP contribution >= 0.6 is 28.1 Å². The van der Waals surface area contributed by atoms with Gasteiger partial charge >= 0.3 is 0 Å². The minimum absolute atomic E-state index is 0.0811. The largest absolute Gasteiger partial charge is 0.486 e. The van der Waals surface area contributed by atoms with Crippen LogP contribution in [0.3, 0.4) is 0 Å². The van der Waals surface area contributed by atoms with Crippen LogP contribution < -0.4 is 19.7 Å². The minimum Gasteiger partial charge on any atom is -0.486 e. The molecule has 1 N–H and O–H groups in total. The number of hydrogen-bond donors (Lipinski definition) is 1. The number of thiocarbonyl (C=S) groups is 1. The zero-order valence-corrected chi connectivity index (χ0v) is 12.5. The maximum Gasteiger partial charge on any atom is 0.255 e. The van der Waals surface area contributed by atoms with Crippen LogP contribution in [0.5, 0.6) is 11.5 Å². The molecule has 0 bridgehead atoms. The van der Waals surface area contributed by atoms with E-state index >= 15 is 0 Å². The second-order valence-corrected chi connectivity index (χ2v) is 5.53. The summed E-state index contributed by atoms with van der Waals surface area (Å²) < 4.78 is 11.8. The number of ether oxygens (including phenoxy) is 2. The van der Waals surface area contributed by atoms with Gasteiger partial charge in [0.2, 0.25) is 0 Å². The smallest absolute Gasteiger partial charge is 0.255 e. The van der Waals surface area contributed by atoms with Gasteiger partial charge in [-0.3, -0.25) is 9.69 Å².